The highest BCUT2D eigenvalue weighted by Gasteiger charge is 2.21. The molecule has 4 N–H and O–H groups in total. The molecule has 1 aromatic rings. The first-order chi connectivity index (χ1) is 12.8. The van der Waals surface area contributed by atoms with Gasteiger partial charge in [0.2, 0.25) is 0 Å². The van der Waals surface area contributed by atoms with Crippen LogP contribution in [0.3, 0.4) is 0 Å². The molecule has 0 bridgehead atoms. The van der Waals surface area contributed by atoms with Gasteiger partial charge < -0.3 is 16.4 Å². The van der Waals surface area contributed by atoms with Crippen molar-refractivity contribution in [2.24, 2.45) is 28.5 Å². The van der Waals surface area contributed by atoms with Gasteiger partial charge in [0.05, 0.1) is 0 Å². The standard InChI is InChI=1S/C22H36N4/c23-15-19-10-7-11-20(14-19)17-25-22(26-21-12-5-2-6-13-21)24-16-18-8-3-1-4-9-18/h2,5-6,12-13,18-20H,1,3-4,7-11,14-17,23H2,(H2,24,25,26). The van der Waals surface area contributed by atoms with E-state index in [0.29, 0.717) is 11.8 Å². The van der Waals surface area contributed by atoms with Crippen molar-refractivity contribution in [2.75, 3.05) is 25.0 Å². The summed E-state index contributed by atoms with van der Waals surface area (Å²) in [5.41, 5.74) is 7.00. The molecule has 4 heteroatoms. The summed E-state index contributed by atoms with van der Waals surface area (Å²) in [4.78, 5) is 4.95. The molecule has 4 nitrogen and oxygen atoms in total. The molecule has 2 atom stereocenters. The fourth-order valence-corrected chi connectivity index (χ4v) is 4.43. The summed E-state index contributed by atoms with van der Waals surface area (Å²) in [6.07, 6.45) is 12.0. The zero-order valence-electron chi connectivity index (χ0n) is 16.1. The van der Waals surface area contributed by atoms with E-state index in [1.807, 2.05) is 6.07 Å². The van der Waals surface area contributed by atoms with E-state index in [2.05, 4.69) is 34.9 Å². The van der Waals surface area contributed by atoms with Crippen LogP contribution in [0.15, 0.2) is 35.3 Å². The van der Waals surface area contributed by atoms with Crippen molar-refractivity contribution in [2.45, 2.75) is 57.8 Å². The highest BCUT2D eigenvalue weighted by Crippen LogP contribution is 2.28. The van der Waals surface area contributed by atoms with Crippen molar-refractivity contribution in [1.29, 1.82) is 0 Å². The molecule has 0 radical (unpaired) electrons. The van der Waals surface area contributed by atoms with Gasteiger partial charge in [-0.15, -0.1) is 0 Å². The fraction of sp³-hybridized carbons (Fsp3) is 0.682. The second-order valence-electron chi connectivity index (χ2n) is 8.20. The Morgan fingerprint density at radius 1 is 0.923 bits per heavy atom. The molecule has 0 saturated heterocycles. The van der Waals surface area contributed by atoms with Crippen LogP contribution in [0.4, 0.5) is 5.69 Å². The lowest BCUT2D eigenvalue weighted by Gasteiger charge is -2.27. The van der Waals surface area contributed by atoms with Crippen LogP contribution in [0.25, 0.3) is 0 Å². The lowest BCUT2D eigenvalue weighted by atomic mass is 9.81. The SMILES string of the molecule is NCC1CCCC(CN=C(NCC2CCCCC2)Nc2ccccc2)C1. The number of rotatable bonds is 6. The maximum atomic E-state index is 5.89. The van der Waals surface area contributed by atoms with E-state index in [1.54, 1.807) is 0 Å². The Hall–Kier alpha value is -1.55. The Morgan fingerprint density at radius 2 is 1.65 bits per heavy atom. The minimum absolute atomic E-state index is 0.682. The number of anilines is 1. The largest absolute Gasteiger partial charge is 0.356 e. The van der Waals surface area contributed by atoms with Crippen molar-refractivity contribution in [3.63, 3.8) is 0 Å². The van der Waals surface area contributed by atoms with Gasteiger partial charge in [-0.3, -0.25) is 4.99 Å². The highest BCUT2D eigenvalue weighted by molar-refractivity contribution is 5.93. The average molecular weight is 357 g/mol. The van der Waals surface area contributed by atoms with Crippen molar-refractivity contribution in [3.05, 3.63) is 30.3 Å². The van der Waals surface area contributed by atoms with Crippen molar-refractivity contribution < 1.29 is 0 Å². The first-order valence-electron chi connectivity index (χ1n) is 10.6. The molecule has 1 aromatic carbocycles. The zero-order chi connectivity index (χ0) is 18.0. The number of nitrogens with one attached hydrogen (secondary N) is 2. The summed E-state index contributed by atoms with van der Waals surface area (Å²) in [6.45, 7) is 2.77. The van der Waals surface area contributed by atoms with Crippen LogP contribution in [0.5, 0.6) is 0 Å². The molecule has 26 heavy (non-hydrogen) atoms. The van der Waals surface area contributed by atoms with Crippen LogP contribution in [-0.2, 0) is 0 Å². The lowest BCUT2D eigenvalue weighted by Crippen LogP contribution is -2.36. The summed E-state index contributed by atoms with van der Waals surface area (Å²) in [5.74, 6) is 3.12. The molecular weight excluding hydrogens is 320 g/mol. The molecule has 0 aromatic heterocycles. The molecular formula is C22H36N4. The number of benzene rings is 1. The molecule has 2 aliphatic carbocycles. The predicted octanol–water partition coefficient (Wildman–Crippen LogP) is 4.39. The quantitative estimate of drug-likeness (QED) is 0.523. The predicted molar refractivity (Wildman–Crippen MR) is 111 cm³/mol. The second kappa shape index (κ2) is 10.6. The smallest absolute Gasteiger partial charge is 0.195 e. The van der Waals surface area contributed by atoms with Gasteiger partial charge in [0.25, 0.3) is 0 Å². The van der Waals surface area contributed by atoms with Crippen LogP contribution < -0.4 is 16.4 Å². The van der Waals surface area contributed by atoms with E-state index in [-0.39, 0.29) is 0 Å². The molecule has 3 rings (SSSR count). The lowest BCUT2D eigenvalue weighted by molar-refractivity contribution is 0.277. The first kappa shape index (κ1) is 19.2. The average Bonchev–Trinajstić information content (AvgIpc) is 2.71. The summed E-state index contributed by atoms with van der Waals surface area (Å²) in [7, 11) is 0. The number of guanidine groups is 1. The van der Waals surface area contributed by atoms with Crippen molar-refractivity contribution in [3.8, 4) is 0 Å². The summed E-state index contributed by atoms with van der Waals surface area (Å²) >= 11 is 0. The van der Waals surface area contributed by atoms with Crippen molar-refractivity contribution >= 4 is 11.6 Å². The molecule has 0 amide bonds. The minimum atomic E-state index is 0.682. The summed E-state index contributed by atoms with van der Waals surface area (Å²) in [6, 6.07) is 10.4. The maximum absolute atomic E-state index is 5.89. The third kappa shape index (κ3) is 6.31. The van der Waals surface area contributed by atoms with Crippen LogP contribution >= 0.6 is 0 Å². The number of nitrogens with two attached hydrogens (primary N) is 1. The Bertz CT molecular complexity index is 536. The Labute approximate surface area is 159 Å². The third-order valence-electron chi connectivity index (χ3n) is 6.05. The van der Waals surface area contributed by atoms with Crippen LogP contribution in [0.1, 0.15) is 57.8 Å². The highest BCUT2D eigenvalue weighted by atomic mass is 15.2. The number of hydrogen-bond acceptors (Lipinski definition) is 2. The van der Waals surface area contributed by atoms with E-state index >= 15 is 0 Å². The monoisotopic (exact) mass is 356 g/mol. The number of hydrogen-bond donors (Lipinski definition) is 3. The van der Waals surface area contributed by atoms with E-state index in [4.69, 9.17) is 10.7 Å². The molecule has 0 aliphatic heterocycles. The maximum Gasteiger partial charge on any atom is 0.195 e. The molecule has 0 heterocycles. The Kier molecular flexibility index (Phi) is 7.81. The number of aliphatic imine (C=N–C) groups is 1. The van der Waals surface area contributed by atoms with Gasteiger partial charge in [0.1, 0.15) is 0 Å². The normalized spacial score (nSPS) is 25.0. The van der Waals surface area contributed by atoms with E-state index in [9.17, 15) is 0 Å². The summed E-state index contributed by atoms with van der Waals surface area (Å²) < 4.78 is 0. The topological polar surface area (TPSA) is 62.4 Å². The summed E-state index contributed by atoms with van der Waals surface area (Å²) in [5, 5.41) is 7.11. The van der Waals surface area contributed by atoms with Gasteiger partial charge in [-0.05, 0) is 68.5 Å². The van der Waals surface area contributed by atoms with Gasteiger partial charge in [-0.1, -0.05) is 43.9 Å². The van der Waals surface area contributed by atoms with E-state index in [0.717, 1.165) is 37.2 Å². The van der Waals surface area contributed by atoms with Crippen LogP contribution in [0.2, 0.25) is 0 Å². The van der Waals surface area contributed by atoms with Crippen LogP contribution in [0, 0.1) is 17.8 Å². The van der Waals surface area contributed by atoms with Gasteiger partial charge in [-0.25, -0.2) is 0 Å². The number of nitrogens with zero attached hydrogens (tertiary/aromatic N) is 1. The third-order valence-corrected chi connectivity index (χ3v) is 6.05. The first-order valence-corrected chi connectivity index (χ1v) is 10.6. The molecule has 2 unspecified atom stereocenters. The van der Waals surface area contributed by atoms with E-state index < -0.39 is 0 Å². The molecule has 2 aliphatic rings. The second-order valence-corrected chi connectivity index (χ2v) is 8.20. The Balaban J connectivity index is 1.57. The molecule has 2 saturated carbocycles. The van der Waals surface area contributed by atoms with Crippen LogP contribution in [-0.4, -0.2) is 25.6 Å². The van der Waals surface area contributed by atoms with Gasteiger partial charge in [-0.2, -0.15) is 0 Å². The molecule has 2 fully saturated rings. The molecule has 144 valence electrons. The van der Waals surface area contributed by atoms with Gasteiger partial charge in [0.15, 0.2) is 5.96 Å². The fourth-order valence-electron chi connectivity index (χ4n) is 4.43. The van der Waals surface area contributed by atoms with E-state index in [1.165, 1.54) is 57.8 Å². The van der Waals surface area contributed by atoms with Gasteiger partial charge >= 0.3 is 0 Å². The van der Waals surface area contributed by atoms with Gasteiger partial charge in [0, 0.05) is 18.8 Å². The minimum Gasteiger partial charge on any atom is -0.356 e. The number of para-hydroxylation sites is 1. The molecule has 0 spiro atoms. The zero-order valence-corrected chi connectivity index (χ0v) is 16.1. The Morgan fingerprint density at radius 3 is 2.42 bits per heavy atom. The van der Waals surface area contributed by atoms with Crippen molar-refractivity contribution in [1.82, 2.24) is 5.32 Å².